The molecule has 0 aromatic carbocycles. The van der Waals surface area contributed by atoms with Gasteiger partial charge in [-0.1, -0.05) is 0 Å². The molecule has 0 saturated carbocycles. The molecule has 1 N–H and O–H groups in total. The molecule has 1 aliphatic heterocycles. The van der Waals surface area contributed by atoms with E-state index in [0.29, 0.717) is 50.8 Å². The van der Waals surface area contributed by atoms with Crippen molar-refractivity contribution in [2.24, 2.45) is 0 Å². The van der Waals surface area contributed by atoms with Gasteiger partial charge in [0.25, 0.3) is 0 Å². The SMILES string of the molecule is Cc1ccsc1CCNC(=O)CCn1nc(C)c(S(=O)(=O)N2CCOCC2)c1C. The van der Waals surface area contributed by atoms with Gasteiger partial charge in [0.1, 0.15) is 4.90 Å². The lowest BCUT2D eigenvalue weighted by Gasteiger charge is -2.26. The Morgan fingerprint density at radius 2 is 2.00 bits per heavy atom. The zero-order valence-corrected chi connectivity index (χ0v) is 18.7. The van der Waals surface area contributed by atoms with E-state index in [9.17, 15) is 13.2 Å². The Bertz CT molecular complexity index is 959. The first-order chi connectivity index (χ1) is 13.8. The van der Waals surface area contributed by atoms with Crippen molar-refractivity contribution in [3.8, 4) is 0 Å². The number of sulfonamides is 1. The van der Waals surface area contributed by atoms with Crippen molar-refractivity contribution in [3.63, 3.8) is 0 Å². The summed E-state index contributed by atoms with van der Waals surface area (Å²) in [6, 6.07) is 2.08. The molecule has 3 rings (SSSR count). The van der Waals surface area contributed by atoms with Gasteiger partial charge in [-0.3, -0.25) is 9.48 Å². The third-order valence-corrected chi connectivity index (χ3v) is 8.31. The van der Waals surface area contributed by atoms with E-state index in [1.807, 2.05) is 0 Å². The van der Waals surface area contributed by atoms with Crippen molar-refractivity contribution in [1.82, 2.24) is 19.4 Å². The molecule has 0 radical (unpaired) electrons. The molecule has 0 atom stereocenters. The summed E-state index contributed by atoms with van der Waals surface area (Å²) in [6.07, 6.45) is 1.07. The van der Waals surface area contributed by atoms with E-state index in [-0.39, 0.29) is 17.2 Å². The smallest absolute Gasteiger partial charge is 0.246 e. The monoisotopic (exact) mass is 440 g/mol. The van der Waals surface area contributed by atoms with Crippen LogP contribution in [0.5, 0.6) is 0 Å². The van der Waals surface area contributed by atoms with Crippen LogP contribution in [0, 0.1) is 20.8 Å². The molecule has 2 aromatic heterocycles. The number of thiophene rings is 1. The van der Waals surface area contributed by atoms with Gasteiger partial charge in [0.2, 0.25) is 15.9 Å². The predicted molar refractivity (Wildman–Crippen MR) is 112 cm³/mol. The maximum atomic E-state index is 13.0. The second kappa shape index (κ2) is 9.38. The number of amides is 1. The molecule has 10 heteroatoms. The summed E-state index contributed by atoms with van der Waals surface area (Å²) in [6.45, 7) is 7.93. The van der Waals surface area contributed by atoms with Crippen LogP contribution < -0.4 is 5.32 Å². The molecule has 0 spiro atoms. The number of carbonyl (C=O) groups is 1. The zero-order chi connectivity index (χ0) is 21.0. The first-order valence-corrected chi connectivity index (χ1v) is 12.0. The number of hydrogen-bond donors (Lipinski definition) is 1. The van der Waals surface area contributed by atoms with Crippen LogP contribution in [0.3, 0.4) is 0 Å². The number of rotatable bonds is 8. The molecule has 0 bridgehead atoms. The number of carbonyl (C=O) groups excluding carboxylic acids is 1. The van der Waals surface area contributed by atoms with Gasteiger partial charge < -0.3 is 10.1 Å². The third-order valence-electron chi connectivity index (χ3n) is 5.08. The van der Waals surface area contributed by atoms with Crippen molar-refractivity contribution in [2.45, 2.75) is 45.1 Å². The molecule has 1 saturated heterocycles. The van der Waals surface area contributed by atoms with E-state index in [0.717, 1.165) is 6.42 Å². The van der Waals surface area contributed by atoms with Crippen LogP contribution in [0.1, 0.15) is 28.2 Å². The van der Waals surface area contributed by atoms with Crippen LogP contribution in [0.25, 0.3) is 0 Å². The Kier molecular flexibility index (Phi) is 7.10. The van der Waals surface area contributed by atoms with Gasteiger partial charge in [-0.05, 0) is 44.2 Å². The quantitative estimate of drug-likeness (QED) is 0.674. The average molecular weight is 441 g/mol. The van der Waals surface area contributed by atoms with Crippen molar-refractivity contribution in [3.05, 3.63) is 33.3 Å². The highest BCUT2D eigenvalue weighted by molar-refractivity contribution is 7.89. The van der Waals surface area contributed by atoms with Crippen LogP contribution in [0.2, 0.25) is 0 Å². The van der Waals surface area contributed by atoms with Crippen LogP contribution in [0.15, 0.2) is 16.3 Å². The molecule has 1 aliphatic rings. The topological polar surface area (TPSA) is 93.5 Å². The van der Waals surface area contributed by atoms with Crippen molar-refractivity contribution >= 4 is 27.3 Å². The number of morpholine rings is 1. The lowest BCUT2D eigenvalue weighted by atomic mass is 10.2. The fourth-order valence-corrected chi connectivity index (χ4v) is 6.15. The van der Waals surface area contributed by atoms with Crippen LogP contribution >= 0.6 is 11.3 Å². The summed E-state index contributed by atoms with van der Waals surface area (Å²) >= 11 is 1.70. The molecule has 1 fully saturated rings. The number of nitrogens with one attached hydrogen (secondary N) is 1. The Labute approximate surface area is 175 Å². The predicted octanol–water partition coefficient (Wildman–Crippen LogP) is 1.64. The summed E-state index contributed by atoms with van der Waals surface area (Å²) in [5, 5.41) is 9.36. The minimum atomic E-state index is -3.61. The maximum absolute atomic E-state index is 13.0. The summed E-state index contributed by atoms with van der Waals surface area (Å²) in [7, 11) is -3.61. The first-order valence-electron chi connectivity index (χ1n) is 9.72. The Hall–Kier alpha value is -1.75. The summed E-state index contributed by atoms with van der Waals surface area (Å²) in [5.41, 5.74) is 2.28. The van der Waals surface area contributed by atoms with Crippen molar-refractivity contribution in [1.29, 1.82) is 0 Å². The average Bonchev–Trinajstić information content (AvgIpc) is 3.23. The number of aryl methyl sites for hydroxylation is 3. The molecule has 0 aliphatic carbocycles. The Morgan fingerprint density at radius 1 is 1.28 bits per heavy atom. The second-order valence-corrected chi connectivity index (χ2v) is 9.99. The lowest BCUT2D eigenvalue weighted by molar-refractivity contribution is -0.121. The highest BCUT2D eigenvalue weighted by Gasteiger charge is 2.32. The first kappa shape index (κ1) is 21.9. The lowest BCUT2D eigenvalue weighted by Crippen LogP contribution is -2.41. The highest BCUT2D eigenvalue weighted by atomic mass is 32.2. The van der Waals surface area contributed by atoms with Crippen LogP contribution in [-0.2, 0) is 32.5 Å². The standard InChI is InChI=1S/C19H28N4O4S2/c1-14-6-13-28-17(14)4-7-20-18(24)5-8-23-16(3)19(15(2)21-23)29(25,26)22-9-11-27-12-10-22/h6,13H,4-5,7-12H2,1-3H3,(H,20,24). The van der Waals surface area contributed by atoms with E-state index in [4.69, 9.17) is 4.74 Å². The van der Waals surface area contributed by atoms with Gasteiger partial charge >= 0.3 is 0 Å². The number of aromatic nitrogens is 2. The normalized spacial score (nSPS) is 15.6. The number of ether oxygens (including phenoxy) is 1. The van der Waals surface area contributed by atoms with Gasteiger partial charge in [-0.15, -0.1) is 11.3 Å². The van der Waals surface area contributed by atoms with E-state index >= 15 is 0 Å². The number of hydrogen-bond acceptors (Lipinski definition) is 6. The summed E-state index contributed by atoms with van der Waals surface area (Å²) in [4.78, 5) is 13.7. The summed E-state index contributed by atoms with van der Waals surface area (Å²) < 4.78 is 34.3. The Morgan fingerprint density at radius 3 is 2.66 bits per heavy atom. The van der Waals surface area contributed by atoms with Crippen molar-refractivity contribution < 1.29 is 17.9 Å². The van der Waals surface area contributed by atoms with E-state index in [1.165, 1.54) is 14.7 Å². The summed E-state index contributed by atoms with van der Waals surface area (Å²) in [5.74, 6) is -0.0654. The highest BCUT2D eigenvalue weighted by Crippen LogP contribution is 2.24. The molecular formula is C19H28N4O4S2. The molecule has 29 heavy (non-hydrogen) atoms. The maximum Gasteiger partial charge on any atom is 0.246 e. The molecule has 3 heterocycles. The second-order valence-electron chi connectivity index (χ2n) is 7.12. The van der Waals surface area contributed by atoms with Crippen LogP contribution in [-0.4, -0.2) is 61.3 Å². The van der Waals surface area contributed by atoms with Gasteiger partial charge in [-0.2, -0.15) is 9.40 Å². The number of nitrogens with zero attached hydrogens (tertiary/aromatic N) is 3. The van der Waals surface area contributed by atoms with Gasteiger partial charge in [0.15, 0.2) is 0 Å². The van der Waals surface area contributed by atoms with Gasteiger partial charge in [0, 0.05) is 30.9 Å². The molecule has 0 unspecified atom stereocenters. The zero-order valence-electron chi connectivity index (χ0n) is 17.1. The molecule has 160 valence electrons. The molecule has 8 nitrogen and oxygen atoms in total. The van der Waals surface area contributed by atoms with Gasteiger partial charge in [0.05, 0.1) is 31.1 Å². The largest absolute Gasteiger partial charge is 0.379 e. The minimum Gasteiger partial charge on any atom is -0.379 e. The van der Waals surface area contributed by atoms with Crippen LogP contribution in [0.4, 0.5) is 0 Å². The Balaban J connectivity index is 1.58. The molecular weight excluding hydrogens is 412 g/mol. The third kappa shape index (κ3) is 5.06. The molecule has 2 aromatic rings. The minimum absolute atomic E-state index is 0.0654. The fraction of sp³-hybridized carbons (Fsp3) is 0.579. The van der Waals surface area contributed by atoms with E-state index in [1.54, 1.807) is 29.9 Å². The van der Waals surface area contributed by atoms with E-state index < -0.39 is 10.0 Å². The van der Waals surface area contributed by atoms with Crippen molar-refractivity contribution in [2.75, 3.05) is 32.8 Å². The van der Waals surface area contributed by atoms with E-state index in [2.05, 4.69) is 28.8 Å². The van der Waals surface area contributed by atoms with Gasteiger partial charge in [-0.25, -0.2) is 8.42 Å². The molecule has 1 amide bonds. The fourth-order valence-electron chi connectivity index (χ4n) is 3.46.